The molecule has 0 spiro atoms. The molecule has 5 rings (SSSR count). The maximum absolute atomic E-state index is 13.9. The van der Waals surface area contributed by atoms with Gasteiger partial charge < -0.3 is 38.0 Å². The fourth-order valence-electron chi connectivity index (χ4n) is 5.58. The molecule has 48 heavy (non-hydrogen) atoms. The third-order valence-electron chi connectivity index (χ3n) is 8.09. The lowest BCUT2D eigenvalue weighted by molar-refractivity contribution is -0.142. The Morgan fingerprint density at radius 2 is 1.02 bits per heavy atom. The molecule has 14 nitrogen and oxygen atoms in total. The van der Waals surface area contributed by atoms with Gasteiger partial charge >= 0.3 is 11.9 Å². The highest BCUT2D eigenvalue weighted by Crippen LogP contribution is 2.40. The molecule has 1 aliphatic carbocycles. The van der Waals surface area contributed by atoms with E-state index in [0.29, 0.717) is 11.5 Å². The Bertz CT molecular complexity index is 2030. The van der Waals surface area contributed by atoms with Crippen LogP contribution in [0.1, 0.15) is 35.8 Å². The van der Waals surface area contributed by atoms with Crippen molar-refractivity contribution >= 4 is 45.4 Å². The van der Waals surface area contributed by atoms with Gasteiger partial charge in [-0.05, 0) is 36.4 Å². The van der Waals surface area contributed by atoms with Crippen molar-refractivity contribution in [3.05, 3.63) is 103 Å². The Hall–Kier alpha value is -6.18. The van der Waals surface area contributed by atoms with Crippen LogP contribution in [0.2, 0.25) is 0 Å². The fourth-order valence-corrected chi connectivity index (χ4v) is 5.58. The molecule has 2 aromatic heterocycles. The van der Waals surface area contributed by atoms with E-state index in [1.807, 2.05) is 0 Å². The summed E-state index contributed by atoms with van der Waals surface area (Å²) >= 11 is 0. The van der Waals surface area contributed by atoms with Gasteiger partial charge in [-0.1, -0.05) is 0 Å². The van der Waals surface area contributed by atoms with Crippen molar-refractivity contribution in [2.75, 3.05) is 28.4 Å². The van der Waals surface area contributed by atoms with E-state index in [-0.39, 0.29) is 33.1 Å². The van der Waals surface area contributed by atoms with Gasteiger partial charge in [-0.25, -0.2) is 0 Å². The largest absolute Gasteiger partial charge is 0.504 e. The molecule has 0 aliphatic heterocycles. The Morgan fingerprint density at radius 3 is 1.35 bits per heavy atom. The van der Waals surface area contributed by atoms with Crippen LogP contribution in [-0.4, -0.2) is 62.2 Å². The lowest BCUT2D eigenvalue weighted by Crippen LogP contribution is -2.33. The topological polar surface area (TPSA) is 206 Å². The van der Waals surface area contributed by atoms with Crippen LogP contribution in [0.5, 0.6) is 11.5 Å². The van der Waals surface area contributed by atoms with E-state index in [4.69, 9.17) is 27.8 Å². The van der Waals surface area contributed by atoms with Gasteiger partial charge in [0.15, 0.2) is 22.4 Å². The third kappa shape index (κ3) is 5.79. The normalized spacial score (nSPS) is 14.7. The number of rotatable bonds is 10. The summed E-state index contributed by atoms with van der Waals surface area (Å²) in [6.07, 6.45) is 0.459. The number of hydrogen-bond acceptors (Lipinski definition) is 14. The molecule has 2 N–H and O–H groups in total. The molecule has 2 heterocycles. The Morgan fingerprint density at radius 1 is 0.646 bits per heavy atom. The van der Waals surface area contributed by atoms with E-state index in [1.54, 1.807) is 0 Å². The van der Waals surface area contributed by atoms with Crippen LogP contribution in [-0.2, 0) is 28.7 Å². The minimum atomic E-state index is -1.65. The highest BCUT2D eigenvalue weighted by molar-refractivity contribution is 6.24. The first kappa shape index (κ1) is 33.2. The van der Waals surface area contributed by atoms with Gasteiger partial charge in [-0.2, -0.15) is 0 Å². The first-order valence-electron chi connectivity index (χ1n) is 14.2. The molecule has 2 aromatic carbocycles. The molecular formula is C34H28O14. The summed E-state index contributed by atoms with van der Waals surface area (Å²) in [6, 6.07) is 8.72. The third-order valence-corrected chi connectivity index (χ3v) is 8.09. The number of ketones is 2. The Balaban J connectivity index is 1.69. The summed E-state index contributed by atoms with van der Waals surface area (Å²) in [5.74, 6) is -9.79. The number of carbonyl (C=O) groups is 4. The van der Waals surface area contributed by atoms with E-state index in [1.165, 1.54) is 50.6 Å². The average Bonchev–Trinajstić information content (AvgIpc) is 3.10. The van der Waals surface area contributed by atoms with Crippen LogP contribution < -0.4 is 20.3 Å². The summed E-state index contributed by atoms with van der Waals surface area (Å²) in [5.41, 5.74) is -3.47. The second-order valence-corrected chi connectivity index (χ2v) is 10.6. The lowest BCUT2D eigenvalue weighted by Gasteiger charge is -2.26. The monoisotopic (exact) mass is 660 g/mol. The maximum Gasteiger partial charge on any atom is 0.306 e. The number of methoxy groups -OCH3 is 4. The van der Waals surface area contributed by atoms with E-state index in [0.717, 1.165) is 26.7 Å². The van der Waals surface area contributed by atoms with Gasteiger partial charge in [-0.15, -0.1) is 0 Å². The standard InChI is InChI=1S/C34H28O14/c1-43-15-5-7-23-19(9-15)29(37)21(13-47-23)17(11-25(35)45-3)27-31(39)33(41)28(34(42)32(27)40)18(12-26(36)46-4)22-14-48-24-8-6-16(44-2)10-20(24)30(22)38/h5-10,13-14,17-18,39,42H,11-12H2,1-4H3. The van der Waals surface area contributed by atoms with Crippen molar-refractivity contribution in [1.29, 1.82) is 0 Å². The zero-order valence-corrected chi connectivity index (χ0v) is 26.0. The minimum Gasteiger partial charge on any atom is -0.504 e. The molecular weight excluding hydrogens is 632 g/mol. The zero-order valence-electron chi connectivity index (χ0n) is 26.0. The first-order valence-corrected chi connectivity index (χ1v) is 14.2. The number of Topliss-reactive ketones (excluding diaryl/α,β-unsaturated/α-hetero) is 2. The number of esters is 2. The van der Waals surface area contributed by atoms with Crippen LogP contribution in [0.25, 0.3) is 21.9 Å². The number of allylic oxidation sites excluding steroid dienone is 2. The molecule has 14 heteroatoms. The predicted molar refractivity (Wildman–Crippen MR) is 166 cm³/mol. The highest BCUT2D eigenvalue weighted by atomic mass is 16.5. The molecule has 2 atom stereocenters. The first-order chi connectivity index (χ1) is 22.9. The van der Waals surface area contributed by atoms with Crippen molar-refractivity contribution in [2.45, 2.75) is 24.7 Å². The van der Waals surface area contributed by atoms with Gasteiger partial charge in [0.05, 0.1) is 75.7 Å². The van der Waals surface area contributed by atoms with Crippen molar-refractivity contribution < 1.29 is 57.2 Å². The van der Waals surface area contributed by atoms with Gasteiger partial charge in [0.1, 0.15) is 22.7 Å². The average molecular weight is 661 g/mol. The van der Waals surface area contributed by atoms with Crippen LogP contribution >= 0.6 is 0 Å². The SMILES string of the molecule is COC(=O)CC(C1=C(O)C(=O)C(C(CC(=O)OC)c2coc3ccc(OC)cc3c2=O)=C(O)C1=O)c1coc2ccc(OC)cc2c1=O. The zero-order chi connectivity index (χ0) is 34.9. The van der Waals surface area contributed by atoms with Crippen LogP contribution in [0.15, 0.2) is 90.0 Å². The van der Waals surface area contributed by atoms with Crippen molar-refractivity contribution in [3.8, 4) is 11.5 Å². The van der Waals surface area contributed by atoms with Gasteiger partial charge in [0.25, 0.3) is 0 Å². The van der Waals surface area contributed by atoms with Crippen LogP contribution in [0.3, 0.4) is 0 Å². The summed E-state index contributed by atoms with van der Waals surface area (Å²) in [5, 5.41) is 22.6. The van der Waals surface area contributed by atoms with E-state index < -0.39 is 81.7 Å². The van der Waals surface area contributed by atoms with Crippen LogP contribution in [0, 0.1) is 0 Å². The highest BCUT2D eigenvalue weighted by Gasteiger charge is 2.44. The number of aliphatic hydroxyl groups is 2. The van der Waals surface area contributed by atoms with Crippen molar-refractivity contribution in [1.82, 2.24) is 0 Å². The second-order valence-electron chi connectivity index (χ2n) is 10.6. The number of ether oxygens (including phenoxy) is 4. The quantitative estimate of drug-likeness (QED) is 0.184. The number of fused-ring (bicyclic) bond motifs is 2. The molecule has 0 saturated carbocycles. The second kappa shape index (κ2) is 13.3. The molecule has 0 bridgehead atoms. The molecule has 0 radical (unpaired) electrons. The van der Waals surface area contributed by atoms with Crippen LogP contribution in [0.4, 0.5) is 0 Å². The number of carbonyl (C=O) groups excluding carboxylic acids is 4. The molecule has 0 amide bonds. The molecule has 4 aromatic rings. The van der Waals surface area contributed by atoms with E-state index in [9.17, 15) is 39.0 Å². The van der Waals surface area contributed by atoms with Crippen molar-refractivity contribution in [2.24, 2.45) is 0 Å². The minimum absolute atomic E-state index is 0.00496. The summed E-state index contributed by atoms with van der Waals surface area (Å²) in [6.45, 7) is 0. The molecule has 2 unspecified atom stereocenters. The smallest absolute Gasteiger partial charge is 0.306 e. The van der Waals surface area contributed by atoms with E-state index in [2.05, 4.69) is 0 Å². The molecule has 0 fully saturated rings. The summed E-state index contributed by atoms with van der Waals surface area (Å²) in [4.78, 5) is 80.2. The Kier molecular flexibility index (Phi) is 9.18. The van der Waals surface area contributed by atoms with E-state index >= 15 is 0 Å². The Labute approximate surface area is 270 Å². The van der Waals surface area contributed by atoms with Gasteiger partial charge in [0, 0.05) is 23.0 Å². The van der Waals surface area contributed by atoms with Gasteiger partial charge in [-0.3, -0.25) is 28.8 Å². The molecule has 1 aliphatic rings. The molecule has 0 saturated heterocycles. The summed E-state index contributed by atoms with van der Waals surface area (Å²) < 4.78 is 31.0. The predicted octanol–water partition coefficient (Wildman–Crippen LogP) is 3.69. The fraction of sp³-hybridized carbons (Fsp3) is 0.235. The number of hydrogen-bond donors (Lipinski definition) is 2. The maximum atomic E-state index is 13.9. The lowest BCUT2D eigenvalue weighted by atomic mass is 9.76. The number of benzene rings is 2. The number of aliphatic hydroxyl groups excluding tert-OH is 2. The van der Waals surface area contributed by atoms with Gasteiger partial charge in [0.2, 0.25) is 11.6 Å². The summed E-state index contributed by atoms with van der Waals surface area (Å²) in [7, 11) is 4.85. The molecule has 248 valence electrons. The van der Waals surface area contributed by atoms with Crippen molar-refractivity contribution in [3.63, 3.8) is 0 Å².